The van der Waals surface area contributed by atoms with Crippen LogP contribution in [-0.2, 0) is 11.2 Å². The van der Waals surface area contributed by atoms with Crippen molar-refractivity contribution in [2.45, 2.75) is 12.8 Å². The molecule has 120 valence electrons. The minimum atomic E-state index is -1.09. The van der Waals surface area contributed by atoms with E-state index in [1.54, 1.807) is 19.2 Å². The molecule has 0 radical (unpaired) electrons. The van der Waals surface area contributed by atoms with Crippen LogP contribution in [0.4, 0.5) is 5.69 Å². The number of aryl methyl sites for hydroxylation is 1. The molecular weight excluding hydrogens is 362 g/mol. The highest BCUT2D eigenvalue weighted by atomic mass is 79.9. The highest BCUT2D eigenvalue weighted by Crippen LogP contribution is 2.21. The van der Waals surface area contributed by atoms with Crippen molar-refractivity contribution in [2.75, 3.05) is 12.4 Å². The summed E-state index contributed by atoms with van der Waals surface area (Å²) in [6.07, 6.45) is 0.830. The van der Waals surface area contributed by atoms with Gasteiger partial charge >= 0.3 is 5.97 Å². The Labute approximate surface area is 142 Å². The van der Waals surface area contributed by atoms with Crippen LogP contribution in [0.25, 0.3) is 0 Å². The van der Waals surface area contributed by atoms with E-state index in [-0.39, 0.29) is 17.9 Å². The third-order valence-corrected chi connectivity index (χ3v) is 3.78. The maximum Gasteiger partial charge on any atom is 0.337 e. The summed E-state index contributed by atoms with van der Waals surface area (Å²) >= 11 is 3.22. The standard InChI is InChI=1S/C17H16BrNO4/c1-23-13-6-2-11(3-7-13)4-9-16(20)19-15-8-5-12(18)10-14(15)17(21)22/h2-3,5-8,10H,4,9H2,1H3,(H,19,20)(H,21,22). The molecule has 2 aromatic carbocycles. The molecule has 6 heteroatoms. The van der Waals surface area contributed by atoms with Crippen molar-refractivity contribution in [1.29, 1.82) is 0 Å². The summed E-state index contributed by atoms with van der Waals surface area (Å²) in [5, 5.41) is 11.8. The molecule has 23 heavy (non-hydrogen) atoms. The molecule has 0 atom stereocenters. The number of anilines is 1. The molecule has 0 heterocycles. The molecule has 0 aliphatic heterocycles. The smallest absolute Gasteiger partial charge is 0.337 e. The summed E-state index contributed by atoms with van der Waals surface area (Å²) in [5.74, 6) is -0.554. The Bertz CT molecular complexity index is 713. The van der Waals surface area contributed by atoms with Gasteiger partial charge in [0.25, 0.3) is 0 Å². The Morgan fingerprint density at radius 2 is 1.87 bits per heavy atom. The fourth-order valence-electron chi connectivity index (χ4n) is 2.07. The molecule has 0 fully saturated rings. The Balaban J connectivity index is 1.98. The van der Waals surface area contributed by atoms with Crippen molar-refractivity contribution < 1.29 is 19.4 Å². The van der Waals surface area contributed by atoms with Gasteiger partial charge in [0.15, 0.2) is 0 Å². The lowest BCUT2D eigenvalue weighted by Gasteiger charge is -2.09. The molecule has 1 amide bonds. The van der Waals surface area contributed by atoms with E-state index in [1.165, 1.54) is 6.07 Å². The topological polar surface area (TPSA) is 75.6 Å². The fraction of sp³-hybridized carbons (Fsp3) is 0.176. The van der Waals surface area contributed by atoms with Crippen LogP contribution in [-0.4, -0.2) is 24.1 Å². The number of carboxylic acids is 1. The molecule has 0 aromatic heterocycles. The van der Waals surface area contributed by atoms with Gasteiger partial charge < -0.3 is 15.2 Å². The molecule has 0 spiro atoms. The zero-order valence-corrected chi connectivity index (χ0v) is 14.1. The lowest BCUT2D eigenvalue weighted by atomic mass is 10.1. The third kappa shape index (κ3) is 4.82. The van der Waals surface area contributed by atoms with Crippen molar-refractivity contribution in [3.05, 3.63) is 58.1 Å². The van der Waals surface area contributed by atoms with Crippen LogP contribution in [0.3, 0.4) is 0 Å². The molecule has 0 aliphatic rings. The maximum atomic E-state index is 12.0. The minimum absolute atomic E-state index is 0.0529. The molecule has 0 saturated carbocycles. The van der Waals surface area contributed by atoms with Crippen molar-refractivity contribution in [3.63, 3.8) is 0 Å². The highest BCUT2D eigenvalue weighted by Gasteiger charge is 2.13. The van der Waals surface area contributed by atoms with Gasteiger partial charge in [0.1, 0.15) is 5.75 Å². The van der Waals surface area contributed by atoms with Crippen molar-refractivity contribution >= 4 is 33.5 Å². The lowest BCUT2D eigenvalue weighted by Crippen LogP contribution is -2.15. The lowest BCUT2D eigenvalue weighted by molar-refractivity contribution is -0.116. The predicted octanol–water partition coefficient (Wildman–Crippen LogP) is 3.73. The van der Waals surface area contributed by atoms with Crippen LogP contribution in [0.1, 0.15) is 22.3 Å². The normalized spacial score (nSPS) is 10.2. The largest absolute Gasteiger partial charge is 0.497 e. The van der Waals surface area contributed by atoms with E-state index in [2.05, 4.69) is 21.2 Å². The molecule has 5 nitrogen and oxygen atoms in total. The molecule has 0 saturated heterocycles. The maximum absolute atomic E-state index is 12.0. The SMILES string of the molecule is COc1ccc(CCC(=O)Nc2ccc(Br)cc2C(=O)O)cc1. The molecule has 0 aliphatic carbocycles. The molecule has 2 aromatic rings. The third-order valence-electron chi connectivity index (χ3n) is 3.29. The summed E-state index contributed by atoms with van der Waals surface area (Å²) < 4.78 is 5.72. The Kier molecular flexibility index (Phi) is 5.76. The van der Waals surface area contributed by atoms with Crippen LogP contribution in [0.5, 0.6) is 5.75 Å². The zero-order valence-electron chi connectivity index (χ0n) is 12.5. The molecular formula is C17H16BrNO4. The van der Waals surface area contributed by atoms with E-state index in [9.17, 15) is 14.7 Å². The van der Waals surface area contributed by atoms with E-state index in [0.29, 0.717) is 16.6 Å². The molecule has 0 bridgehead atoms. The number of hydrogen-bond acceptors (Lipinski definition) is 3. The average Bonchev–Trinajstić information content (AvgIpc) is 2.55. The number of methoxy groups -OCH3 is 1. The number of aromatic carboxylic acids is 1. The van der Waals surface area contributed by atoms with Crippen molar-refractivity contribution in [3.8, 4) is 5.75 Å². The summed E-state index contributed by atoms with van der Waals surface area (Å²) in [6.45, 7) is 0. The number of hydrogen-bond donors (Lipinski definition) is 2. The fourth-order valence-corrected chi connectivity index (χ4v) is 2.43. The summed E-state index contributed by atoms with van der Waals surface area (Å²) in [7, 11) is 1.60. The van der Waals surface area contributed by atoms with E-state index < -0.39 is 5.97 Å². The van der Waals surface area contributed by atoms with Crippen molar-refractivity contribution in [2.24, 2.45) is 0 Å². The highest BCUT2D eigenvalue weighted by molar-refractivity contribution is 9.10. The van der Waals surface area contributed by atoms with Crippen LogP contribution >= 0.6 is 15.9 Å². The number of carboxylic acid groups (broad SMARTS) is 1. The van der Waals surface area contributed by atoms with E-state index in [0.717, 1.165) is 11.3 Å². The van der Waals surface area contributed by atoms with Gasteiger partial charge in [-0.3, -0.25) is 4.79 Å². The summed E-state index contributed by atoms with van der Waals surface area (Å²) in [4.78, 5) is 23.2. The van der Waals surface area contributed by atoms with Gasteiger partial charge in [-0.1, -0.05) is 28.1 Å². The average molecular weight is 378 g/mol. The number of rotatable bonds is 6. The van der Waals surface area contributed by atoms with E-state index in [4.69, 9.17) is 4.74 Å². The number of nitrogens with one attached hydrogen (secondary N) is 1. The first kappa shape index (κ1) is 17.0. The van der Waals surface area contributed by atoms with Gasteiger partial charge in [-0.2, -0.15) is 0 Å². The van der Waals surface area contributed by atoms with E-state index in [1.807, 2.05) is 24.3 Å². The van der Waals surface area contributed by atoms with Gasteiger partial charge in [-0.15, -0.1) is 0 Å². The predicted molar refractivity (Wildman–Crippen MR) is 91.0 cm³/mol. The van der Waals surface area contributed by atoms with Gasteiger partial charge in [-0.05, 0) is 42.3 Å². The number of benzene rings is 2. The zero-order chi connectivity index (χ0) is 16.8. The second kappa shape index (κ2) is 7.78. The first-order valence-corrected chi connectivity index (χ1v) is 7.74. The van der Waals surface area contributed by atoms with Gasteiger partial charge in [0.2, 0.25) is 5.91 Å². The molecule has 2 rings (SSSR count). The monoisotopic (exact) mass is 377 g/mol. The number of carbonyl (C=O) groups excluding carboxylic acids is 1. The molecule has 0 unspecified atom stereocenters. The number of amides is 1. The second-order valence-corrected chi connectivity index (χ2v) is 5.81. The summed E-state index contributed by atoms with van der Waals surface area (Å²) in [5.41, 5.74) is 1.35. The van der Waals surface area contributed by atoms with Crippen LogP contribution in [0, 0.1) is 0 Å². The first-order valence-electron chi connectivity index (χ1n) is 6.95. The Hall–Kier alpha value is -2.34. The summed E-state index contributed by atoms with van der Waals surface area (Å²) in [6, 6.07) is 12.2. The Morgan fingerprint density at radius 1 is 1.17 bits per heavy atom. The number of carbonyl (C=O) groups is 2. The number of ether oxygens (including phenoxy) is 1. The second-order valence-electron chi connectivity index (χ2n) is 4.89. The van der Waals surface area contributed by atoms with Crippen LogP contribution < -0.4 is 10.1 Å². The number of halogens is 1. The minimum Gasteiger partial charge on any atom is -0.497 e. The van der Waals surface area contributed by atoms with Gasteiger partial charge in [-0.25, -0.2) is 4.79 Å². The van der Waals surface area contributed by atoms with Crippen LogP contribution in [0.2, 0.25) is 0 Å². The van der Waals surface area contributed by atoms with E-state index >= 15 is 0 Å². The molecule has 2 N–H and O–H groups in total. The van der Waals surface area contributed by atoms with Crippen molar-refractivity contribution in [1.82, 2.24) is 0 Å². The van der Waals surface area contributed by atoms with Crippen LogP contribution in [0.15, 0.2) is 46.9 Å². The van der Waals surface area contributed by atoms with Gasteiger partial charge in [0, 0.05) is 10.9 Å². The Morgan fingerprint density at radius 3 is 2.48 bits per heavy atom. The quantitative estimate of drug-likeness (QED) is 0.803. The first-order chi connectivity index (χ1) is 11.0. The van der Waals surface area contributed by atoms with Gasteiger partial charge in [0.05, 0.1) is 18.4 Å².